The van der Waals surface area contributed by atoms with Crippen molar-refractivity contribution in [2.24, 2.45) is 0 Å². The van der Waals surface area contributed by atoms with Crippen LogP contribution in [0, 0.1) is 0 Å². The second-order valence-electron chi connectivity index (χ2n) is 3.96. The van der Waals surface area contributed by atoms with Gasteiger partial charge >= 0.3 is 0 Å². The number of unbranched alkanes of at least 4 members (excludes halogenated alkanes) is 6. The number of alkyl halides is 2. The van der Waals surface area contributed by atoms with Gasteiger partial charge in [0.1, 0.15) is 0 Å². The molecule has 2 heteroatoms. The van der Waals surface area contributed by atoms with Crippen LogP contribution in [0.2, 0.25) is 0 Å². The zero-order valence-electron chi connectivity index (χ0n) is 9.40. The minimum absolute atomic E-state index is 0.409. The Morgan fingerprint density at radius 1 is 0.857 bits per heavy atom. The molecule has 0 saturated heterocycles. The summed E-state index contributed by atoms with van der Waals surface area (Å²) in [7, 11) is 0. The van der Waals surface area contributed by atoms with E-state index in [-0.39, 0.29) is 0 Å². The molecule has 86 valence electrons. The summed E-state index contributed by atoms with van der Waals surface area (Å²) in [6.45, 7) is 2.16. The molecule has 14 heavy (non-hydrogen) atoms. The molecule has 0 saturated carbocycles. The molecule has 0 aromatic carbocycles. The Morgan fingerprint density at radius 2 is 1.36 bits per heavy atom. The van der Waals surface area contributed by atoms with Crippen LogP contribution in [-0.4, -0.2) is 11.3 Å². The molecule has 0 nitrogen and oxygen atoms in total. The molecular weight excluding hydrogens is 215 g/mol. The molecule has 0 radical (unpaired) electrons. The first-order valence-electron chi connectivity index (χ1n) is 6.01. The van der Waals surface area contributed by atoms with Gasteiger partial charge in [-0.2, -0.15) is 0 Å². The first kappa shape index (κ1) is 14.6. The molecule has 0 aromatic heterocycles. The van der Waals surface area contributed by atoms with Crippen LogP contribution in [0.4, 0.5) is 0 Å². The van der Waals surface area contributed by atoms with Crippen molar-refractivity contribution in [3.05, 3.63) is 0 Å². The third-order valence-electron chi connectivity index (χ3n) is 2.59. The first-order chi connectivity index (χ1) is 6.81. The summed E-state index contributed by atoms with van der Waals surface area (Å²) in [6.07, 6.45) is 11.5. The van der Waals surface area contributed by atoms with E-state index in [0.29, 0.717) is 5.38 Å². The minimum atomic E-state index is 0.409. The average Bonchev–Trinajstić information content (AvgIpc) is 2.21. The van der Waals surface area contributed by atoms with E-state index in [0.717, 1.165) is 12.3 Å². The Hall–Kier alpha value is 0.580. The molecule has 0 aliphatic rings. The normalized spacial score (nSPS) is 13.1. The highest BCUT2D eigenvalue weighted by Crippen LogP contribution is 2.14. The lowest BCUT2D eigenvalue weighted by molar-refractivity contribution is 0.565. The predicted molar refractivity (Wildman–Crippen MR) is 67.6 cm³/mol. The predicted octanol–water partition coefficient (Wildman–Crippen LogP) is 5.36. The summed E-state index contributed by atoms with van der Waals surface area (Å²) in [5.41, 5.74) is 0. The van der Waals surface area contributed by atoms with E-state index in [9.17, 15) is 0 Å². The lowest BCUT2D eigenvalue weighted by Crippen LogP contribution is -1.95. The van der Waals surface area contributed by atoms with Crippen LogP contribution >= 0.6 is 23.2 Å². The number of rotatable bonds is 10. The van der Waals surface area contributed by atoms with Gasteiger partial charge in [-0.25, -0.2) is 0 Å². The fourth-order valence-corrected chi connectivity index (χ4v) is 1.89. The SMILES string of the molecule is CCC(Cl)CCCCCCCCCCl. The maximum atomic E-state index is 6.03. The van der Waals surface area contributed by atoms with Gasteiger partial charge < -0.3 is 0 Å². The van der Waals surface area contributed by atoms with Crippen LogP contribution < -0.4 is 0 Å². The Kier molecular flexibility index (Phi) is 12.1. The second kappa shape index (κ2) is 11.7. The highest BCUT2D eigenvalue weighted by atomic mass is 35.5. The van der Waals surface area contributed by atoms with Gasteiger partial charge in [0.05, 0.1) is 0 Å². The van der Waals surface area contributed by atoms with Crippen LogP contribution in [-0.2, 0) is 0 Å². The molecule has 0 rings (SSSR count). The quantitative estimate of drug-likeness (QED) is 0.355. The third-order valence-corrected chi connectivity index (χ3v) is 3.39. The van der Waals surface area contributed by atoms with E-state index in [4.69, 9.17) is 23.2 Å². The van der Waals surface area contributed by atoms with Crippen LogP contribution in [0.3, 0.4) is 0 Å². The second-order valence-corrected chi connectivity index (χ2v) is 4.95. The monoisotopic (exact) mass is 238 g/mol. The molecule has 0 amide bonds. The Bertz CT molecular complexity index is 104. The molecule has 0 aliphatic heterocycles. The summed E-state index contributed by atoms with van der Waals surface area (Å²) in [6, 6.07) is 0. The van der Waals surface area contributed by atoms with Crippen LogP contribution in [0.1, 0.15) is 64.7 Å². The van der Waals surface area contributed by atoms with E-state index in [1.54, 1.807) is 0 Å². The molecule has 1 atom stereocenters. The third kappa shape index (κ3) is 10.7. The van der Waals surface area contributed by atoms with Gasteiger partial charge in [0.2, 0.25) is 0 Å². The Morgan fingerprint density at radius 3 is 1.86 bits per heavy atom. The fourth-order valence-electron chi connectivity index (χ4n) is 1.55. The molecule has 0 aliphatic carbocycles. The lowest BCUT2D eigenvalue weighted by Gasteiger charge is -2.05. The maximum absolute atomic E-state index is 6.03. The Balaban J connectivity index is 2.92. The van der Waals surface area contributed by atoms with Crippen molar-refractivity contribution in [3.63, 3.8) is 0 Å². The van der Waals surface area contributed by atoms with Crippen molar-refractivity contribution >= 4 is 23.2 Å². The van der Waals surface area contributed by atoms with Crippen LogP contribution in [0.15, 0.2) is 0 Å². The molecule has 0 spiro atoms. The summed E-state index contributed by atoms with van der Waals surface area (Å²) < 4.78 is 0. The van der Waals surface area contributed by atoms with Crippen molar-refractivity contribution < 1.29 is 0 Å². The molecule has 0 bridgehead atoms. The number of hydrogen-bond donors (Lipinski definition) is 0. The van der Waals surface area contributed by atoms with E-state index in [1.807, 2.05) is 0 Å². The molecular formula is C12H24Cl2. The average molecular weight is 239 g/mol. The molecule has 0 aromatic rings. The minimum Gasteiger partial charge on any atom is -0.127 e. The van der Waals surface area contributed by atoms with E-state index in [1.165, 1.54) is 51.4 Å². The van der Waals surface area contributed by atoms with E-state index in [2.05, 4.69) is 6.92 Å². The zero-order valence-corrected chi connectivity index (χ0v) is 10.9. The summed E-state index contributed by atoms with van der Waals surface area (Å²) in [4.78, 5) is 0. The summed E-state index contributed by atoms with van der Waals surface area (Å²) in [5, 5.41) is 0.409. The van der Waals surface area contributed by atoms with Gasteiger partial charge in [0, 0.05) is 11.3 Å². The first-order valence-corrected chi connectivity index (χ1v) is 6.98. The van der Waals surface area contributed by atoms with Crippen LogP contribution in [0.25, 0.3) is 0 Å². The topological polar surface area (TPSA) is 0 Å². The standard InChI is InChI=1S/C12H24Cl2/c1-2-12(14)10-8-6-4-3-5-7-9-11-13/h12H,2-11H2,1H3. The highest BCUT2D eigenvalue weighted by Gasteiger charge is 1.99. The smallest absolute Gasteiger partial charge is 0.0333 e. The van der Waals surface area contributed by atoms with Gasteiger partial charge in [-0.3, -0.25) is 0 Å². The van der Waals surface area contributed by atoms with Gasteiger partial charge in [-0.1, -0.05) is 45.4 Å². The molecule has 0 heterocycles. The molecule has 0 N–H and O–H groups in total. The van der Waals surface area contributed by atoms with Crippen LogP contribution in [0.5, 0.6) is 0 Å². The van der Waals surface area contributed by atoms with Crippen molar-refractivity contribution in [2.45, 2.75) is 70.1 Å². The number of hydrogen-bond acceptors (Lipinski definition) is 0. The zero-order chi connectivity index (χ0) is 10.6. The lowest BCUT2D eigenvalue weighted by atomic mass is 10.1. The van der Waals surface area contributed by atoms with Gasteiger partial charge in [0.25, 0.3) is 0 Å². The van der Waals surface area contributed by atoms with Gasteiger partial charge in [-0.15, -0.1) is 23.2 Å². The van der Waals surface area contributed by atoms with Crippen molar-refractivity contribution in [3.8, 4) is 0 Å². The maximum Gasteiger partial charge on any atom is 0.0333 e. The number of halogens is 2. The van der Waals surface area contributed by atoms with Crippen molar-refractivity contribution in [2.75, 3.05) is 5.88 Å². The summed E-state index contributed by atoms with van der Waals surface area (Å²) >= 11 is 11.6. The summed E-state index contributed by atoms with van der Waals surface area (Å²) in [5.74, 6) is 0.824. The van der Waals surface area contributed by atoms with E-state index < -0.39 is 0 Å². The largest absolute Gasteiger partial charge is 0.127 e. The van der Waals surface area contributed by atoms with Gasteiger partial charge in [0.15, 0.2) is 0 Å². The fraction of sp³-hybridized carbons (Fsp3) is 1.00. The van der Waals surface area contributed by atoms with Crippen molar-refractivity contribution in [1.82, 2.24) is 0 Å². The van der Waals surface area contributed by atoms with Gasteiger partial charge in [-0.05, 0) is 19.3 Å². The Labute approximate surface area is 99.4 Å². The highest BCUT2D eigenvalue weighted by molar-refractivity contribution is 6.20. The molecule has 0 fully saturated rings. The van der Waals surface area contributed by atoms with E-state index >= 15 is 0 Å². The molecule has 1 unspecified atom stereocenters. The van der Waals surface area contributed by atoms with Crippen molar-refractivity contribution in [1.29, 1.82) is 0 Å².